The fraction of sp³-hybridized carbons (Fsp3) is 0.545. The molecule has 0 aliphatic carbocycles. The Balaban J connectivity index is 1.32. The van der Waals surface area contributed by atoms with Gasteiger partial charge in [0.2, 0.25) is 23.8 Å². The largest absolute Gasteiger partial charge is 0.508 e. The van der Waals surface area contributed by atoms with E-state index < -0.39 is 121 Å². The summed E-state index contributed by atoms with van der Waals surface area (Å²) in [5.74, 6) is -2.01. The molecule has 6 rings (SSSR count). The van der Waals surface area contributed by atoms with Crippen LogP contribution >= 0.6 is 0 Å². The minimum Gasteiger partial charge on any atom is -0.508 e. The molecule has 0 bridgehead atoms. The fourth-order valence-corrected chi connectivity index (χ4v) is 6.09. The molecule has 3 saturated heterocycles. The van der Waals surface area contributed by atoms with E-state index in [0.717, 1.165) is 6.07 Å². The van der Waals surface area contributed by atoms with E-state index in [1.807, 2.05) is 0 Å². The smallest absolute Gasteiger partial charge is 0.239 e. The highest BCUT2D eigenvalue weighted by Gasteiger charge is 2.48. The van der Waals surface area contributed by atoms with Crippen molar-refractivity contribution in [1.29, 1.82) is 0 Å². The molecular weight excluding hydrogens is 700 g/mol. The van der Waals surface area contributed by atoms with E-state index in [4.69, 9.17) is 32.8 Å². The molecule has 15 atom stereocenters. The highest BCUT2D eigenvalue weighted by Crippen LogP contribution is 2.38. The SMILES string of the molecule is C[C@@H]1O[C@@H](OC[C@H]2OC(Oc3c(-c4ccc(O)cc4)oc4cc(O[C@@H]5O[C@@H](C)[C@H](O)[C@@H](O)[C@H]5O)cc(O)c4c3=O)[C@H](O)[C@@H](O)[C@H]2O)[C@H](O)[C@H](O)[C@H]1O. The summed E-state index contributed by atoms with van der Waals surface area (Å²) in [7, 11) is 0. The van der Waals surface area contributed by atoms with Gasteiger partial charge < -0.3 is 89.0 Å². The number of rotatable bonds is 8. The fourth-order valence-electron chi connectivity index (χ4n) is 6.09. The summed E-state index contributed by atoms with van der Waals surface area (Å²) in [6.45, 7) is 2.25. The molecule has 0 amide bonds. The highest BCUT2D eigenvalue weighted by molar-refractivity contribution is 5.88. The second-order valence-corrected chi connectivity index (χ2v) is 12.9. The maximum absolute atomic E-state index is 14.0. The zero-order valence-electron chi connectivity index (χ0n) is 27.5. The van der Waals surface area contributed by atoms with E-state index in [-0.39, 0.29) is 28.4 Å². The van der Waals surface area contributed by atoms with Gasteiger partial charge in [-0.05, 0) is 38.1 Å². The van der Waals surface area contributed by atoms with Gasteiger partial charge in [0.25, 0.3) is 0 Å². The van der Waals surface area contributed by atoms with Gasteiger partial charge in [-0.3, -0.25) is 4.79 Å². The minimum absolute atomic E-state index is 0.138. The van der Waals surface area contributed by atoms with Crippen LogP contribution in [0.1, 0.15) is 13.8 Å². The molecule has 0 spiro atoms. The van der Waals surface area contributed by atoms with Crippen LogP contribution in [-0.4, -0.2) is 155 Å². The number of aromatic hydroxyl groups is 2. The molecule has 1 unspecified atom stereocenters. The standard InChI is InChI=1S/C33H40O19/c1-10-19(36)23(40)26(43)31(47-10)46-9-17-21(38)25(42)28(45)33(51-17)52-30-22(39)18-15(35)7-14(49-32-27(44)24(41)20(37)11(2)48-32)8-16(18)50-29(30)12-3-5-13(34)6-4-12/h3-8,10-11,17,19-21,23-28,31-38,40-45H,9H2,1-2H3/t10-,11-,17+,19-,20-,21-,23+,24+,25-,26+,27+,28+,31+,32-,33?/m0/s1. The average Bonchev–Trinajstić information content (AvgIpc) is 3.11. The molecule has 286 valence electrons. The molecule has 19 heteroatoms. The van der Waals surface area contributed by atoms with E-state index >= 15 is 0 Å². The lowest BCUT2D eigenvalue weighted by atomic mass is 9.98. The zero-order valence-corrected chi connectivity index (χ0v) is 27.5. The minimum atomic E-state index is -1.98. The monoisotopic (exact) mass is 740 g/mol. The van der Waals surface area contributed by atoms with Crippen LogP contribution < -0.4 is 14.9 Å². The summed E-state index contributed by atoms with van der Waals surface area (Å²) in [6.07, 6.45) is -23.5. The summed E-state index contributed by atoms with van der Waals surface area (Å²) in [5, 5.41) is 114. The summed E-state index contributed by atoms with van der Waals surface area (Å²) in [6, 6.07) is 7.38. The molecule has 1 aromatic heterocycles. The van der Waals surface area contributed by atoms with Crippen molar-refractivity contribution in [1.82, 2.24) is 0 Å². The Kier molecular flexibility index (Phi) is 11.0. The third-order valence-electron chi connectivity index (χ3n) is 9.23. The van der Waals surface area contributed by atoms with Crippen molar-refractivity contribution in [3.8, 4) is 34.3 Å². The maximum atomic E-state index is 14.0. The number of phenols is 2. The molecule has 0 radical (unpaired) electrons. The third kappa shape index (κ3) is 7.16. The molecule has 3 aliphatic rings. The summed E-state index contributed by atoms with van der Waals surface area (Å²) in [5.41, 5.74) is -1.16. The van der Waals surface area contributed by atoms with Crippen LogP contribution in [0.3, 0.4) is 0 Å². The normalized spacial score (nSPS) is 38.2. The van der Waals surface area contributed by atoms with Crippen LogP contribution in [0.15, 0.2) is 45.6 Å². The predicted octanol–water partition coefficient (Wildman–Crippen LogP) is -2.89. The van der Waals surface area contributed by atoms with Crippen LogP contribution in [0.4, 0.5) is 0 Å². The first kappa shape index (κ1) is 38.1. The van der Waals surface area contributed by atoms with Crippen molar-refractivity contribution in [2.45, 2.75) is 106 Å². The van der Waals surface area contributed by atoms with Crippen LogP contribution in [0, 0.1) is 0 Å². The van der Waals surface area contributed by atoms with Crippen molar-refractivity contribution in [2.24, 2.45) is 0 Å². The molecule has 3 aliphatic heterocycles. The summed E-state index contributed by atoms with van der Waals surface area (Å²) in [4.78, 5) is 14.0. The first-order valence-electron chi connectivity index (χ1n) is 16.2. The van der Waals surface area contributed by atoms with Gasteiger partial charge >= 0.3 is 0 Å². The van der Waals surface area contributed by atoms with Gasteiger partial charge in [0.05, 0.1) is 18.8 Å². The van der Waals surface area contributed by atoms with Crippen LogP contribution in [0.2, 0.25) is 0 Å². The number of aliphatic hydroxyl groups is 9. The Labute approximate surface area is 293 Å². The number of benzene rings is 2. The second-order valence-electron chi connectivity index (χ2n) is 12.9. The van der Waals surface area contributed by atoms with Gasteiger partial charge in [0.1, 0.15) is 89.3 Å². The summed E-state index contributed by atoms with van der Waals surface area (Å²) < 4.78 is 39.5. The first-order valence-corrected chi connectivity index (χ1v) is 16.2. The Bertz CT molecular complexity index is 1770. The Morgan fingerprint density at radius 1 is 0.635 bits per heavy atom. The van der Waals surface area contributed by atoms with Gasteiger partial charge in [-0.15, -0.1) is 0 Å². The Morgan fingerprint density at radius 3 is 1.79 bits per heavy atom. The molecule has 52 heavy (non-hydrogen) atoms. The number of hydrogen-bond donors (Lipinski definition) is 11. The molecule has 0 saturated carbocycles. The van der Waals surface area contributed by atoms with Crippen molar-refractivity contribution in [3.63, 3.8) is 0 Å². The van der Waals surface area contributed by atoms with E-state index in [9.17, 15) is 61.0 Å². The predicted molar refractivity (Wildman–Crippen MR) is 170 cm³/mol. The lowest BCUT2D eigenvalue weighted by Gasteiger charge is -2.42. The Morgan fingerprint density at radius 2 is 1.17 bits per heavy atom. The first-order chi connectivity index (χ1) is 24.6. The third-order valence-corrected chi connectivity index (χ3v) is 9.23. The quantitative estimate of drug-likeness (QED) is 0.110. The number of phenolic OH excluding ortho intramolecular Hbond substituents is 2. The number of aliphatic hydroxyl groups excluding tert-OH is 9. The van der Waals surface area contributed by atoms with Gasteiger partial charge in [-0.1, -0.05) is 0 Å². The average molecular weight is 741 g/mol. The van der Waals surface area contributed by atoms with E-state index in [1.165, 1.54) is 44.2 Å². The Hall–Kier alpha value is -3.67. The van der Waals surface area contributed by atoms with Gasteiger partial charge in [0, 0.05) is 17.7 Å². The number of ether oxygens (including phenoxy) is 6. The molecule has 4 heterocycles. The van der Waals surface area contributed by atoms with E-state index in [0.29, 0.717) is 0 Å². The molecule has 19 nitrogen and oxygen atoms in total. The van der Waals surface area contributed by atoms with Gasteiger partial charge in [0.15, 0.2) is 12.1 Å². The molecule has 3 fully saturated rings. The molecular formula is C33H40O19. The van der Waals surface area contributed by atoms with Crippen molar-refractivity contribution < 1.29 is 89.0 Å². The second kappa shape index (κ2) is 15.0. The lowest BCUT2D eigenvalue weighted by Crippen LogP contribution is -2.61. The zero-order chi connectivity index (χ0) is 37.8. The maximum Gasteiger partial charge on any atom is 0.239 e. The number of fused-ring (bicyclic) bond motifs is 1. The van der Waals surface area contributed by atoms with Crippen LogP contribution in [0.5, 0.6) is 23.0 Å². The summed E-state index contributed by atoms with van der Waals surface area (Å²) >= 11 is 0. The topological polar surface area (TPSA) is 308 Å². The van der Waals surface area contributed by atoms with Gasteiger partial charge in [-0.25, -0.2) is 0 Å². The molecule has 2 aromatic carbocycles. The number of hydrogen-bond acceptors (Lipinski definition) is 19. The van der Waals surface area contributed by atoms with Gasteiger partial charge in [-0.2, -0.15) is 0 Å². The van der Waals surface area contributed by atoms with E-state index in [1.54, 1.807) is 0 Å². The van der Waals surface area contributed by atoms with Crippen LogP contribution in [0.25, 0.3) is 22.3 Å². The van der Waals surface area contributed by atoms with Crippen molar-refractivity contribution in [2.75, 3.05) is 6.61 Å². The van der Waals surface area contributed by atoms with Crippen molar-refractivity contribution >= 4 is 11.0 Å². The molecule has 11 N–H and O–H groups in total. The van der Waals surface area contributed by atoms with E-state index in [2.05, 4.69) is 0 Å². The highest BCUT2D eigenvalue weighted by atomic mass is 16.7. The van der Waals surface area contributed by atoms with Crippen LogP contribution in [-0.2, 0) is 18.9 Å². The molecule has 3 aromatic rings. The van der Waals surface area contributed by atoms with Crippen molar-refractivity contribution in [3.05, 3.63) is 46.6 Å². The lowest BCUT2D eigenvalue weighted by molar-refractivity contribution is -0.318.